The number of aromatic nitrogens is 1. The van der Waals surface area contributed by atoms with Crippen molar-refractivity contribution in [2.45, 2.75) is 63.4 Å². The van der Waals surface area contributed by atoms with Gasteiger partial charge in [0.1, 0.15) is 11.2 Å². The van der Waals surface area contributed by atoms with E-state index < -0.39 is 23.7 Å². The Morgan fingerprint density at radius 2 is 0.761 bits per heavy atom. The summed E-state index contributed by atoms with van der Waals surface area (Å²) in [6.07, 6.45) is -0.828. The number of hydrogen-bond acceptors (Lipinski definition) is 5. The van der Waals surface area contributed by atoms with Gasteiger partial charge in [0.2, 0.25) is 0 Å². The first-order valence-electron chi connectivity index (χ1n) is 16.5. The smallest absolute Gasteiger partial charge is 0.153 e. The third-order valence-electron chi connectivity index (χ3n) is 9.62. The number of rotatable bonds is 8. The average Bonchev–Trinajstić information content (AvgIpc) is 3.73. The van der Waals surface area contributed by atoms with Crippen LogP contribution in [0.2, 0.25) is 0 Å². The Kier molecular flexibility index (Phi) is 8.35. The Balaban J connectivity index is 1.28. The highest BCUT2D eigenvalue weighted by Gasteiger charge is 2.54. The summed E-state index contributed by atoms with van der Waals surface area (Å²) in [5.74, 6) is 0.579. The predicted octanol–water partition coefficient (Wildman–Crippen LogP) is 8.26. The molecule has 0 saturated carbocycles. The van der Waals surface area contributed by atoms with Crippen molar-refractivity contribution in [1.29, 1.82) is 0 Å². The van der Waals surface area contributed by atoms with E-state index in [0.29, 0.717) is 0 Å². The van der Waals surface area contributed by atoms with Crippen molar-refractivity contribution < 1.29 is 9.47 Å². The number of pyridine rings is 1. The summed E-state index contributed by atoms with van der Waals surface area (Å²) in [5, 5.41) is 7.72. The Morgan fingerprint density at radius 3 is 1.04 bits per heavy atom. The Hall–Kier alpha value is -4.13. The van der Waals surface area contributed by atoms with Gasteiger partial charge in [0.25, 0.3) is 0 Å². The molecule has 234 valence electrons. The van der Waals surface area contributed by atoms with Crippen LogP contribution in [-0.2, 0) is 20.7 Å². The lowest BCUT2D eigenvalue weighted by molar-refractivity contribution is -0.0357. The van der Waals surface area contributed by atoms with E-state index in [0.717, 1.165) is 33.6 Å². The van der Waals surface area contributed by atoms with Gasteiger partial charge < -0.3 is 9.47 Å². The van der Waals surface area contributed by atoms with E-state index in [1.54, 1.807) is 0 Å². The highest BCUT2D eigenvalue weighted by Crippen LogP contribution is 2.49. The largest absolute Gasteiger partial charge is 0.340 e. The van der Waals surface area contributed by atoms with Crippen molar-refractivity contribution in [2.24, 2.45) is 11.8 Å². The number of hydrogen-bond donors (Lipinski definition) is 2. The highest BCUT2D eigenvalue weighted by molar-refractivity contribution is 5.42. The summed E-state index contributed by atoms with van der Waals surface area (Å²) < 4.78 is 14.4. The first-order valence-corrected chi connectivity index (χ1v) is 16.5. The van der Waals surface area contributed by atoms with Crippen molar-refractivity contribution in [3.8, 4) is 0 Å². The molecule has 7 rings (SSSR count). The lowest BCUT2D eigenvalue weighted by Gasteiger charge is -2.37. The van der Waals surface area contributed by atoms with Crippen LogP contribution < -0.4 is 10.6 Å². The Bertz CT molecular complexity index is 1520. The van der Waals surface area contributed by atoms with Gasteiger partial charge in [-0.1, -0.05) is 155 Å². The van der Waals surface area contributed by atoms with Gasteiger partial charge in [-0.05, 0) is 46.2 Å². The van der Waals surface area contributed by atoms with Crippen LogP contribution in [0.15, 0.2) is 140 Å². The van der Waals surface area contributed by atoms with E-state index in [9.17, 15) is 0 Å². The fourth-order valence-corrected chi connectivity index (χ4v) is 7.59. The average molecular weight is 610 g/mol. The number of nitrogens with zero attached hydrogens (tertiary/aromatic N) is 1. The maximum Gasteiger partial charge on any atom is 0.153 e. The summed E-state index contributed by atoms with van der Waals surface area (Å²) in [6, 6.07) is 48.5. The van der Waals surface area contributed by atoms with Crippen LogP contribution in [-0.4, -0.2) is 17.1 Å². The van der Waals surface area contributed by atoms with Crippen LogP contribution in [0.25, 0.3) is 0 Å². The third kappa shape index (κ3) is 5.18. The van der Waals surface area contributed by atoms with Gasteiger partial charge in [0.05, 0.1) is 11.4 Å². The van der Waals surface area contributed by atoms with Gasteiger partial charge in [0.15, 0.2) is 12.5 Å². The maximum atomic E-state index is 7.20. The molecule has 0 bridgehead atoms. The van der Waals surface area contributed by atoms with Gasteiger partial charge in [-0.2, -0.15) is 0 Å². The van der Waals surface area contributed by atoms with Crippen LogP contribution in [0.3, 0.4) is 0 Å². The molecule has 2 N–H and O–H groups in total. The Morgan fingerprint density at radius 1 is 0.457 bits per heavy atom. The first kappa shape index (κ1) is 30.5. The molecule has 2 saturated heterocycles. The normalized spacial score (nSPS) is 23.6. The summed E-state index contributed by atoms with van der Waals surface area (Å²) >= 11 is 0. The van der Waals surface area contributed by atoms with Crippen molar-refractivity contribution in [1.82, 2.24) is 15.6 Å². The minimum atomic E-state index is -0.681. The molecule has 4 atom stereocenters. The molecule has 0 amide bonds. The molecule has 46 heavy (non-hydrogen) atoms. The standard InChI is InChI=1S/C41H43N3O2/c1-28(2)36-40(30-18-9-5-10-19-30,31-20-11-6-12-21-31)45-38(43-36)34-26-17-27-35(42-34)39-44-37(29(3)4)41(46-39,32-22-13-7-14-23-32)33-24-15-8-16-25-33/h5-29,36-39,43-44H,1-4H3/t36-,37-,38?,39?/m0/s1. The molecule has 2 aliphatic heterocycles. The van der Waals surface area contributed by atoms with E-state index >= 15 is 0 Å². The molecule has 1 aromatic heterocycles. The molecular weight excluding hydrogens is 566 g/mol. The second kappa shape index (κ2) is 12.6. The second-order valence-corrected chi connectivity index (χ2v) is 13.2. The molecule has 0 aliphatic carbocycles. The zero-order valence-corrected chi connectivity index (χ0v) is 27.0. The fraction of sp³-hybridized carbons (Fsp3) is 0.293. The van der Waals surface area contributed by atoms with Gasteiger partial charge in [-0.3, -0.25) is 10.6 Å². The van der Waals surface area contributed by atoms with Gasteiger partial charge in [-0.25, -0.2) is 4.98 Å². The lowest BCUT2D eigenvalue weighted by Crippen LogP contribution is -2.45. The summed E-state index contributed by atoms with van der Waals surface area (Å²) in [6.45, 7) is 9.01. The topological polar surface area (TPSA) is 55.4 Å². The molecule has 3 heterocycles. The van der Waals surface area contributed by atoms with Crippen LogP contribution in [0.5, 0.6) is 0 Å². The molecule has 0 spiro atoms. The van der Waals surface area contributed by atoms with Crippen molar-refractivity contribution in [3.05, 3.63) is 173 Å². The molecule has 2 unspecified atom stereocenters. The van der Waals surface area contributed by atoms with Crippen LogP contribution in [0, 0.1) is 11.8 Å². The van der Waals surface area contributed by atoms with E-state index in [2.05, 4.69) is 178 Å². The molecule has 2 aliphatic rings. The number of ether oxygens (including phenoxy) is 2. The molecule has 4 aromatic carbocycles. The molecule has 5 aromatic rings. The van der Waals surface area contributed by atoms with E-state index in [1.807, 2.05) is 0 Å². The van der Waals surface area contributed by atoms with Crippen LogP contribution in [0.1, 0.15) is 73.8 Å². The fourth-order valence-electron chi connectivity index (χ4n) is 7.59. The molecular formula is C41H43N3O2. The van der Waals surface area contributed by atoms with Gasteiger partial charge >= 0.3 is 0 Å². The summed E-state index contributed by atoms with van der Waals surface area (Å²) in [7, 11) is 0. The molecule has 5 heteroatoms. The second-order valence-electron chi connectivity index (χ2n) is 13.2. The maximum absolute atomic E-state index is 7.20. The predicted molar refractivity (Wildman–Crippen MR) is 183 cm³/mol. The highest BCUT2D eigenvalue weighted by atomic mass is 16.5. The van der Waals surface area contributed by atoms with Gasteiger partial charge in [-0.15, -0.1) is 0 Å². The van der Waals surface area contributed by atoms with Crippen LogP contribution >= 0.6 is 0 Å². The Labute approximate surface area is 273 Å². The zero-order chi connectivity index (χ0) is 31.7. The molecule has 0 radical (unpaired) electrons. The van der Waals surface area contributed by atoms with E-state index in [4.69, 9.17) is 14.5 Å². The lowest BCUT2D eigenvalue weighted by atomic mass is 9.76. The van der Waals surface area contributed by atoms with E-state index in [-0.39, 0.29) is 23.9 Å². The van der Waals surface area contributed by atoms with Crippen molar-refractivity contribution in [2.75, 3.05) is 0 Å². The van der Waals surface area contributed by atoms with Crippen molar-refractivity contribution >= 4 is 0 Å². The summed E-state index contributed by atoms with van der Waals surface area (Å²) in [4.78, 5) is 5.26. The molecule has 5 nitrogen and oxygen atoms in total. The monoisotopic (exact) mass is 609 g/mol. The minimum Gasteiger partial charge on any atom is -0.340 e. The molecule has 2 fully saturated rings. The summed E-state index contributed by atoms with van der Waals surface area (Å²) in [5.41, 5.74) is 4.81. The third-order valence-corrected chi connectivity index (χ3v) is 9.62. The number of nitrogens with one attached hydrogen (secondary N) is 2. The van der Waals surface area contributed by atoms with Crippen molar-refractivity contribution in [3.63, 3.8) is 0 Å². The SMILES string of the molecule is CC(C)[C@@H]1NC(c2cccc(C3N[C@@H](C(C)C)C(c4ccccc4)(c4ccccc4)O3)n2)OC1(c1ccccc1)c1ccccc1. The zero-order valence-electron chi connectivity index (χ0n) is 27.0. The first-order chi connectivity index (χ1) is 22.4. The minimum absolute atomic E-state index is 0.0164. The van der Waals surface area contributed by atoms with E-state index in [1.165, 1.54) is 0 Å². The quantitative estimate of drug-likeness (QED) is 0.186. The van der Waals surface area contributed by atoms with Gasteiger partial charge in [0, 0.05) is 12.1 Å². The number of benzene rings is 4. The van der Waals surface area contributed by atoms with Crippen LogP contribution in [0.4, 0.5) is 0 Å².